The van der Waals surface area contributed by atoms with Crippen LogP contribution in [0.3, 0.4) is 0 Å². The molecular formula is C16H18N2O4. The minimum Gasteiger partial charge on any atom is -0.481 e. The van der Waals surface area contributed by atoms with Crippen LogP contribution in [0.25, 0.3) is 0 Å². The van der Waals surface area contributed by atoms with Crippen molar-refractivity contribution >= 4 is 23.5 Å². The highest BCUT2D eigenvalue weighted by molar-refractivity contribution is 6.00. The number of anilines is 1. The van der Waals surface area contributed by atoms with Gasteiger partial charge in [-0.1, -0.05) is 6.07 Å². The van der Waals surface area contributed by atoms with Gasteiger partial charge in [0.15, 0.2) is 0 Å². The molecule has 6 nitrogen and oxygen atoms in total. The number of benzene rings is 1. The average Bonchev–Trinajstić information content (AvgIpc) is 3.34. The van der Waals surface area contributed by atoms with Gasteiger partial charge in [-0.15, -0.1) is 0 Å². The molecule has 0 bridgehead atoms. The van der Waals surface area contributed by atoms with Gasteiger partial charge in [0.25, 0.3) is 5.91 Å². The topological polar surface area (TPSA) is 95.5 Å². The van der Waals surface area contributed by atoms with Crippen LogP contribution >= 0.6 is 0 Å². The molecule has 2 aliphatic carbocycles. The van der Waals surface area contributed by atoms with Crippen LogP contribution in [0.2, 0.25) is 0 Å². The van der Waals surface area contributed by atoms with Crippen molar-refractivity contribution in [3.8, 4) is 0 Å². The van der Waals surface area contributed by atoms with Gasteiger partial charge < -0.3 is 15.7 Å². The lowest BCUT2D eigenvalue weighted by atomic mass is 10.1. The Morgan fingerprint density at radius 2 is 1.91 bits per heavy atom. The number of amides is 2. The van der Waals surface area contributed by atoms with Crippen molar-refractivity contribution in [2.45, 2.75) is 32.2 Å². The van der Waals surface area contributed by atoms with Crippen molar-refractivity contribution in [2.75, 3.05) is 5.32 Å². The smallest absolute Gasteiger partial charge is 0.307 e. The molecule has 0 aromatic heterocycles. The van der Waals surface area contributed by atoms with Crippen molar-refractivity contribution < 1.29 is 19.5 Å². The van der Waals surface area contributed by atoms with Gasteiger partial charge >= 0.3 is 5.97 Å². The van der Waals surface area contributed by atoms with E-state index in [-0.39, 0.29) is 17.9 Å². The number of rotatable bonds is 5. The highest BCUT2D eigenvalue weighted by Gasteiger charge is 2.48. The summed E-state index contributed by atoms with van der Waals surface area (Å²) in [6, 6.07) is 5.41. The molecule has 2 saturated carbocycles. The first-order chi connectivity index (χ1) is 10.5. The first kappa shape index (κ1) is 14.6. The summed E-state index contributed by atoms with van der Waals surface area (Å²) in [5, 5.41) is 14.5. The van der Waals surface area contributed by atoms with Crippen molar-refractivity contribution in [3.05, 3.63) is 29.3 Å². The van der Waals surface area contributed by atoms with Crippen LogP contribution in [0, 0.1) is 18.8 Å². The predicted octanol–water partition coefficient (Wildman–Crippen LogP) is 1.55. The van der Waals surface area contributed by atoms with E-state index in [4.69, 9.17) is 5.11 Å². The average molecular weight is 302 g/mol. The summed E-state index contributed by atoms with van der Waals surface area (Å²) >= 11 is 0. The Morgan fingerprint density at radius 3 is 2.50 bits per heavy atom. The highest BCUT2D eigenvalue weighted by Crippen LogP contribution is 2.39. The molecule has 3 N–H and O–H groups in total. The molecule has 2 unspecified atom stereocenters. The van der Waals surface area contributed by atoms with Crippen LogP contribution < -0.4 is 10.6 Å². The Kier molecular flexibility index (Phi) is 3.60. The predicted molar refractivity (Wildman–Crippen MR) is 79.5 cm³/mol. The fourth-order valence-electron chi connectivity index (χ4n) is 2.38. The zero-order chi connectivity index (χ0) is 15.9. The molecule has 1 aromatic carbocycles. The van der Waals surface area contributed by atoms with E-state index in [2.05, 4.69) is 10.6 Å². The van der Waals surface area contributed by atoms with Gasteiger partial charge in [0.2, 0.25) is 5.91 Å². The minimum absolute atomic E-state index is 0.146. The van der Waals surface area contributed by atoms with Gasteiger partial charge in [0, 0.05) is 17.3 Å². The number of carboxylic acids is 1. The maximum absolute atomic E-state index is 12.0. The molecule has 0 heterocycles. The zero-order valence-electron chi connectivity index (χ0n) is 12.3. The number of carboxylic acid groups (broad SMARTS) is 1. The van der Waals surface area contributed by atoms with E-state index < -0.39 is 17.8 Å². The van der Waals surface area contributed by atoms with Crippen molar-refractivity contribution in [1.82, 2.24) is 5.32 Å². The van der Waals surface area contributed by atoms with E-state index >= 15 is 0 Å². The number of aryl methyl sites for hydroxylation is 1. The summed E-state index contributed by atoms with van der Waals surface area (Å²) in [4.78, 5) is 34.9. The van der Waals surface area contributed by atoms with Crippen LogP contribution in [0.4, 0.5) is 5.69 Å². The van der Waals surface area contributed by atoms with E-state index in [1.165, 1.54) is 0 Å². The lowest BCUT2D eigenvalue weighted by molar-refractivity contribution is -0.139. The Hall–Kier alpha value is -2.37. The van der Waals surface area contributed by atoms with Crippen LogP contribution in [0.1, 0.15) is 35.2 Å². The quantitative estimate of drug-likeness (QED) is 0.769. The minimum atomic E-state index is -0.936. The third kappa shape index (κ3) is 3.10. The summed E-state index contributed by atoms with van der Waals surface area (Å²) in [6.07, 6.45) is 2.40. The first-order valence-electron chi connectivity index (χ1n) is 7.41. The number of hydrogen-bond acceptors (Lipinski definition) is 3. The van der Waals surface area contributed by atoms with E-state index in [9.17, 15) is 14.4 Å². The molecule has 2 atom stereocenters. The standard InChI is InChI=1S/C16H18N2O4/c1-8-2-3-9(14(19)17-10-4-5-10)6-13(8)18-15(20)11-7-12(11)16(21)22/h2-3,6,10-12H,4-5,7H2,1H3,(H,17,19)(H,18,20)(H,21,22). The van der Waals surface area contributed by atoms with Crippen LogP contribution in [0.15, 0.2) is 18.2 Å². The van der Waals surface area contributed by atoms with Crippen molar-refractivity contribution in [1.29, 1.82) is 0 Å². The second-order valence-corrected chi connectivity index (χ2v) is 6.05. The maximum atomic E-state index is 12.0. The molecule has 0 radical (unpaired) electrons. The number of carbonyl (C=O) groups excluding carboxylic acids is 2. The van der Waals surface area contributed by atoms with Crippen molar-refractivity contribution in [3.63, 3.8) is 0 Å². The Balaban J connectivity index is 1.68. The fourth-order valence-corrected chi connectivity index (χ4v) is 2.38. The van der Waals surface area contributed by atoms with Crippen LogP contribution in [-0.2, 0) is 9.59 Å². The summed E-state index contributed by atoms with van der Waals surface area (Å²) in [7, 11) is 0. The number of carbonyl (C=O) groups is 3. The molecule has 116 valence electrons. The molecule has 3 rings (SSSR count). The number of hydrogen-bond donors (Lipinski definition) is 3. The molecule has 0 saturated heterocycles. The SMILES string of the molecule is Cc1ccc(C(=O)NC2CC2)cc1NC(=O)C1CC1C(=O)O. The largest absolute Gasteiger partial charge is 0.481 e. The van der Waals surface area contributed by atoms with E-state index in [0.29, 0.717) is 17.7 Å². The monoisotopic (exact) mass is 302 g/mol. The van der Waals surface area contributed by atoms with Gasteiger partial charge in [-0.3, -0.25) is 14.4 Å². The molecule has 22 heavy (non-hydrogen) atoms. The van der Waals surface area contributed by atoms with Crippen LogP contribution in [-0.4, -0.2) is 28.9 Å². The Morgan fingerprint density at radius 1 is 1.18 bits per heavy atom. The lowest BCUT2D eigenvalue weighted by Gasteiger charge is -2.10. The number of nitrogens with one attached hydrogen (secondary N) is 2. The highest BCUT2D eigenvalue weighted by atomic mass is 16.4. The van der Waals surface area contributed by atoms with Gasteiger partial charge in [-0.25, -0.2) is 0 Å². The van der Waals surface area contributed by atoms with Gasteiger partial charge in [-0.2, -0.15) is 0 Å². The zero-order valence-corrected chi connectivity index (χ0v) is 12.3. The number of aliphatic carboxylic acids is 1. The molecule has 1 aromatic rings. The molecule has 2 amide bonds. The second-order valence-electron chi connectivity index (χ2n) is 6.05. The molecule has 6 heteroatoms. The molecule has 2 fully saturated rings. The third-order valence-electron chi connectivity index (χ3n) is 4.11. The first-order valence-corrected chi connectivity index (χ1v) is 7.41. The molecular weight excluding hydrogens is 284 g/mol. The normalized spacial score (nSPS) is 22.8. The summed E-state index contributed by atoms with van der Waals surface area (Å²) in [5.74, 6) is -2.43. The van der Waals surface area contributed by atoms with E-state index in [1.807, 2.05) is 6.92 Å². The van der Waals surface area contributed by atoms with Crippen molar-refractivity contribution in [2.24, 2.45) is 11.8 Å². The maximum Gasteiger partial charge on any atom is 0.307 e. The summed E-state index contributed by atoms with van der Waals surface area (Å²) in [5.41, 5.74) is 1.90. The van der Waals surface area contributed by atoms with Gasteiger partial charge in [0.05, 0.1) is 11.8 Å². The molecule has 0 aliphatic heterocycles. The molecule has 0 spiro atoms. The second kappa shape index (κ2) is 5.44. The van der Waals surface area contributed by atoms with E-state index in [0.717, 1.165) is 18.4 Å². The van der Waals surface area contributed by atoms with Crippen LogP contribution in [0.5, 0.6) is 0 Å². The molecule has 2 aliphatic rings. The summed E-state index contributed by atoms with van der Waals surface area (Å²) in [6.45, 7) is 1.83. The Bertz CT molecular complexity index is 652. The Labute approximate surface area is 127 Å². The summed E-state index contributed by atoms with van der Waals surface area (Å²) < 4.78 is 0. The fraction of sp³-hybridized carbons (Fsp3) is 0.438. The van der Waals surface area contributed by atoms with Gasteiger partial charge in [-0.05, 0) is 43.9 Å². The van der Waals surface area contributed by atoms with E-state index in [1.54, 1.807) is 18.2 Å². The third-order valence-corrected chi connectivity index (χ3v) is 4.11. The van der Waals surface area contributed by atoms with Gasteiger partial charge in [0.1, 0.15) is 0 Å². The lowest BCUT2D eigenvalue weighted by Crippen LogP contribution is -2.25.